The van der Waals surface area contributed by atoms with Crippen LogP contribution in [0, 0.1) is 0 Å². The topological polar surface area (TPSA) is 100 Å². The van der Waals surface area contributed by atoms with E-state index in [0.717, 1.165) is 44.2 Å². The van der Waals surface area contributed by atoms with Gasteiger partial charge in [0.05, 0.1) is 5.75 Å². The van der Waals surface area contributed by atoms with E-state index in [4.69, 9.17) is 4.98 Å². The van der Waals surface area contributed by atoms with E-state index in [1.807, 2.05) is 4.57 Å². The SMILES string of the molecule is O=c1ccc2cnc(NC3CCN(S(=O)(=O)CCN4CCCC4)CC3)nc2n1C1CCCC1. The number of piperidine rings is 1. The Balaban J connectivity index is 1.23. The van der Waals surface area contributed by atoms with E-state index in [1.165, 1.54) is 12.8 Å². The molecule has 180 valence electrons. The van der Waals surface area contributed by atoms with Crippen LogP contribution in [0.4, 0.5) is 5.95 Å². The molecule has 5 rings (SSSR count). The van der Waals surface area contributed by atoms with E-state index in [1.54, 1.807) is 22.6 Å². The van der Waals surface area contributed by atoms with E-state index < -0.39 is 10.0 Å². The molecule has 3 fully saturated rings. The van der Waals surface area contributed by atoms with Gasteiger partial charge in [-0.15, -0.1) is 0 Å². The normalized spacial score (nSPS) is 21.8. The largest absolute Gasteiger partial charge is 0.351 e. The third kappa shape index (κ3) is 5.07. The predicted octanol–water partition coefficient (Wildman–Crippen LogP) is 2.21. The highest BCUT2D eigenvalue weighted by molar-refractivity contribution is 7.89. The summed E-state index contributed by atoms with van der Waals surface area (Å²) in [7, 11) is -3.22. The van der Waals surface area contributed by atoms with Crippen molar-refractivity contribution in [2.24, 2.45) is 0 Å². The number of nitrogens with one attached hydrogen (secondary N) is 1. The van der Waals surface area contributed by atoms with Crippen molar-refractivity contribution >= 4 is 27.0 Å². The van der Waals surface area contributed by atoms with Gasteiger partial charge in [-0.3, -0.25) is 9.36 Å². The van der Waals surface area contributed by atoms with Crippen LogP contribution in [0.3, 0.4) is 0 Å². The lowest BCUT2D eigenvalue weighted by Gasteiger charge is -2.32. The first-order chi connectivity index (χ1) is 16.0. The lowest BCUT2D eigenvalue weighted by Crippen LogP contribution is -2.44. The van der Waals surface area contributed by atoms with Crippen LogP contribution >= 0.6 is 0 Å². The summed E-state index contributed by atoms with van der Waals surface area (Å²) in [6, 6.07) is 3.72. The third-order valence-corrected chi connectivity index (χ3v) is 9.25. The van der Waals surface area contributed by atoms with Gasteiger partial charge in [-0.1, -0.05) is 12.8 Å². The standard InChI is InChI=1S/C23H34N6O3S/c30-21-8-7-18-17-24-23(26-22(18)29(21)20-5-1-2-6-20)25-19-9-13-28(14-10-19)33(31,32)16-15-27-11-3-4-12-27/h7-8,17,19-20H,1-6,9-16H2,(H,24,25,26). The summed E-state index contributed by atoms with van der Waals surface area (Å²) in [5.41, 5.74) is 0.681. The Labute approximate surface area is 195 Å². The molecule has 3 aliphatic rings. The molecule has 0 atom stereocenters. The molecule has 2 aliphatic heterocycles. The van der Waals surface area contributed by atoms with Crippen LogP contribution in [0.25, 0.3) is 11.0 Å². The number of hydrogen-bond acceptors (Lipinski definition) is 7. The van der Waals surface area contributed by atoms with Gasteiger partial charge in [0.25, 0.3) is 5.56 Å². The first-order valence-electron chi connectivity index (χ1n) is 12.3. The molecule has 0 amide bonds. The van der Waals surface area contributed by atoms with Gasteiger partial charge in [0.15, 0.2) is 0 Å². The molecule has 0 spiro atoms. The molecule has 0 bridgehead atoms. The van der Waals surface area contributed by atoms with Gasteiger partial charge < -0.3 is 10.2 Å². The van der Waals surface area contributed by atoms with Crippen LogP contribution in [0.2, 0.25) is 0 Å². The van der Waals surface area contributed by atoms with Crippen LogP contribution in [0.1, 0.15) is 57.4 Å². The van der Waals surface area contributed by atoms with E-state index in [2.05, 4.69) is 15.2 Å². The summed E-state index contributed by atoms with van der Waals surface area (Å²) in [6.45, 7) is 3.69. The summed E-state index contributed by atoms with van der Waals surface area (Å²) < 4.78 is 29.0. The van der Waals surface area contributed by atoms with Gasteiger partial charge >= 0.3 is 0 Å². The minimum Gasteiger partial charge on any atom is -0.351 e. The monoisotopic (exact) mass is 474 g/mol. The number of likely N-dealkylation sites (tertiary alicyclic amines) is 1. The first kappa shape index (κ1) is 22.7. The van der Waals surface area contributed by atoms with E-state index in [0.29, 0.717) is 44.1 Å². The van der Waals surface area contributed by atoms with Gasteiger partial charge in [-0.2, -0.15) is 4.98 Å². The van der Waals surface area contributed by atoms with E-state index >= 15 is 0 Å². The van der Waals surface area contributed by atoms with E-state index in [-0.39, 0.29) is 23.4 Å². The number of aromatic nitrogens is 3. The Morgan fingerprint density at radius 2 is 1.70 bits per heavy atom. The fourth-order valence-corrected chi connectivity index (χ4v) is 6.98. The summed E-state index contributed by atoms with van der Waals surface area (Å²) >= 11 is 0. The second-order valence-corrected chi connectivity index (χ2v) is 11.7. The van der Waals surface area contributed by atoms with Crippen molar-refractivity contribution in [3.63, 3.8) is 0 Å². The molecular weight excluding hydrogens is 440 g/mol. The number of anilines is 1. The van der Waals surface area contributed by atoms with Crippen LogP contribution in [0.15, 0.2) is 23.1 Å². The predicted molar refractivity (Wildman–Crippen MR) is 129 cm³/mol. The van der Waals surface area contributed by atoms with Crippen molar-refractivity contribution in [1.29, 1.82) is 0 Å². The Morgan fingerprint density at radius 1 is 0.970 bits per heavy atom. The Morgan fingerprint density at radius 3 is 2.42 bits per heavy atom. The second kappa shape index (κ2) is 9.68. The quantitative estimate of drug-likeness (QED) is 0.657. The fraction of sp³-hybridized carbons (Fsp3) is 0.696. The van der Waals surface area contributed by atoms with Gasteiger partial charge in [-0.25, -0.2) is 17.7 Å². The number of pyridine rings is 1. The Bertz CT molecular complexity index is 1130. The summed E-state index contributed by atoms with van der Waals surface area (Å²) in [6.07, 6.45) is 9.85. The zero-order valence-corrected chi connectivity index (χ0v) is 20.0. The number of rotatable bonds is 7. The molecule has 10 heteroatoms. The van der Waals surface area contributed by atoms with Crippen LogP contribution < -0.4 is 10.9 Å². The van der Waals surface area contributed by atoms with Gasteiger partial charge in [-0.05, 0) is 57.7 Å². The molecule has 0 unspecified atom stereocenters. The third-order valence-electron chi connectivity index (χ3n) is 7.40. The van der Waals surface area contributed by atoms with Crippen molar-refractivity contribution in [1.82, 2.24) is 23.7 Å². The molecule has 0 aromatic carbocycles. The average molecular weight is 475 g/mol. The summed E-state index contributed by atoms with van der Waals surface area (Å²) in [4.78, 5) is 24.0. The van der Waals surface area contributed by atoms with Crippen LogP contribution in [-0.4, -0.2) is 76.7 Å². The molecule has 1 N–H and O–H groups in total. The molecule has 2 aromatic heterocycles. The zero-order valence-electron chi connectivity index (χ0n) is 19.2. The molecular formula is C23H34N6O3S. The molecule has 33 heavy (non-hydrogen) atoms. The lowest BCUT2D eigenvalue weighted by molar-refractivity contribution is 0.320. The van der Waals surface area contributed by atoms with Gasteiger partial charge in [0, 0.05) is 49.4 Å². The van der Waals surface area contributed by atoms with Gasteiger partial charge in [0.1, 0.15) is 5.65 Å². The average Bonchev–Trinajstić information content (AvgIpc) is 3.53. The number of nitrogens with zero attached hydrogens (tertiary/aromatic N) is 5. The van der Waals surface area contributed by atoms with Crippen LogP contribution in [-0.2, 0) is 10.0 Å². The van der Waals surface area contributed by atoms with E-state index in [9.17, 15) is 13.2 Å². The summed E-state index contributed by atoms with van der Waals surface area (Å²) in [5, 5.41) is 4.26. The molecule has 4 heterocycles. The molecule has 2 aromatic rings. The Kier molecular flexibility index (Phi) is 6.67. The molecule has 9 nitrogen and oxygen atoms in total. The van der Waals surface area contributed by atoms with Crippen molar-refractivity contribution in [2.45, 2.75) is 63.5 Å². The minimum atomic E-state index is -3.22. The zero-order chi connectivity index (χ0) is 22.8. The van der Waals surface area contributed by atoms with Crippen molar-refractivity contribution < 1.29 is 8.42 Å². The second-order valence-electron chi connectivity index (χ2n) is 9.63. The first-order valence-corrected chi connectivity index (χ1v) is 14.0. The maximum atomic E-state index is 12.8. The van der Waals surface area contributed by atoms with Gasteiger partial charge in [0.2, 0.25) is 16.0 Å². The highest BCUT2D eigenvalue weighted by Crippen LogP contribution is 2.30. The molecule has 2 saturated heterocycles. The fourth-order valence-electron chi connectivity index (χ4n) is 5.46. The minimum absolute atomic E-state index is 0.00787. The lowest BCUT2D eigenvalue weighted by atomic mass is 10.1. The number of hydrogen-bond donors (Lipinski definition) is 1. The maximum Gasteiger partial charge on any atom is 0.252 e. The molecule has 0 radical (unpaired) electrons. The summed E-state index contributed by atoms with van der Waals surface area (Å²) in [5.74, 6) is 0.715. The smallest absolute Gasteiger partial charge is 0.252 e. The molecule has 1 saturated carbocycles. The Hall–Kier alpha value is -2.04. The highest BCUT2D eigenvalue weighted by atomic mass is 32.2. The molecule has 1 aliphatic carbocycles. The number of fused-ring (bicyclic) bond motifs is 1. The van der Waals surface area contributed by atoms with Crippen LogP contribution in [0.5, 0.6) is 0 Å². The maximum absolute atomic E-state index is 12.8. The number of sulfonamides is 1. The van der Waals surface area contributed by atoms with Crippen molar-refractivity contribution in [2.75, 3.05) is 43.8 Å². The van der Waals surface area contributed by atoms with Crippen molar-refractivity contribution in [3.8, 4) is 0 Å². The highest BCUT2D eigenvalue weighted by Gasteiger charge is 2.29. The van der Waals surface area contributed by atoms with Crippen molar-refractivity contribution in [3.05, 3.63) is 28.7 Å².